The molecule has 0 spiro atoms. The average molecular weight is 280 g/mol. The van der Waals surface area contributed by atoms with Gasteiger partial charge >= 0.3 is 6.18 Å². The van der Waals surface area contributed by atoms with Gasteiger partial charge in [0.05, 0.1) is 5.02 Å². The minimum atomic E-state index is -4.56. The van der Waals surface area contributed by atoms with Gasteiger partial charge in [0, 0.05) is 11.3 Å². The quantitative estimate of drug-likeness (QED) is 0.862. The van der Waals surface area contributed by atoms with E-state index in [1.54, 1.807) is 0 Å². The lowest BCUT2D eigenvalue weighted by Crippen LogP contribution is -2.21. The largest absolute Gasteiger partial charge is 0.397 e. The summed E-state index contributed by atoms with van der Waals surface area (Å²) in [6, 6.07) is 3.89. The fourth-order valence-corrected chi connectivity index (χ4v) is 1.58. The average Bonchev–Trinajstić information content (AvgIpc) is 2.13. The van der Waals surface area contributed by atoms with Gasteiger partial charge in [-0.2, -0.15) is 13.2 Å². The molecule has 0 radical (unpaired) electrons. The van der Waals surface area contributed by atoms with E-state index >= 15 is 0 Å². The number of rotatable bonds is 3. The van der Waals surface area contributed by atoms with Crippen LogP contribution < -0.4 is 5.32 Å². The molecule has 7 heteroatoms. The molecule has 0 aliphatic heterocycles. The van der Waals surface area contributed by atoms with E-state index in [1.165, 1.54) is 25.1 Å². The summed E-state index contributed by atoms with van der Waals surface area (Å²) >= 11 is 5.75. The van der Waals surface area contributed by atoms with Gasteiger partial charge in [0.25, 0.3) is 0 Å². The predicted molar refractivity (Wildman–Crippen MR) is 60.8 cm³/mol. The molecule has 0 heterocycles. The highest BCUT2D eigenvalue weighted by atomic mass is 35.5. The zero-order chi connectivity index (χ0) is 13.9. The molecule has 98 valence electrons. The first-order valence-electron chi connectivity index (χ1n) is 4.86. The second-order valence-corrected chi connectivity index (χ2v) is 4.00. The molecule has 3 nitrogen and oxygen atoms in total. The third-order valence-corrected chi connectivity index (χ3v) is 2.31. The maximum atomic E-state index is 11.9. The molecule has 0 saturated heterocycles. The van der Waals surface area contributed by atoms with Gasteiger partial charge in [0.1, 0.15) is 6.42 Å². The molecule has 0 saturated carbocycles. The summed E-state index contributed by atoms with van der Waals surface area (Å²) in [5.74, 6) is -1.46. The Hall–Kier alpha value is -1.56. The molecule has 0 atom stereocenters. The molecular formula is C11H9ClF3NO2. The third kappa shape index (κ3) is 4.37. The molecule has 0 bridgehead atoms. The number of alkyl halides is 3. The molecule has 0 unspecified atom stereocenters. The Balaban J connectivity index is 2.78. The van der Waals surface area contributed by atoms with E-state index in [0.29, 0.717) is 0 Å². The number of carbonyl (C=O) groups is 2. The number of carbonyl (C=O) groups excluding carboxylic acids is 2. The summed E-state index contributed by atoms with van der Waals surface area (Å²) < 4.78 is 35.8. The minimum Gasteiger partial charge on any atom is -0.326 e. The van der Waals surface area contributed by atoms with Gasteiger partial charge in [0.15, 0.2) is 5.78 Å². The highest BCUT2D eigenvalue weighted by Crippen LogP contribution is 2.23. The Kier molecular flexibility index (Phi) is 4.34. The van der Waals surface area contributed by atoms with Crippen LogP contribution in [0.3, 0.4) is 0 Å². The lowest BCUT2D eigenvalue weighted by Gasteiger charge is -2.09. The van der Waals surface area contributed by atoms with Crippen LogP contribution in [0.25, 0.3) is 0 Å². The number of ketones is 1. The molecule has 0 aliphatic rings. The van der Waals surface area contributed by atoms with Crippen molar-refractivity contribution in [2.24, 2.45) is 0 Å². The lowest BCUT2D eigenvalue weighted by atomic mass is 10.1. The van der Waals surface area contributed by atoms with Crippen molar-refractivity contribution in [1.29, 1.82) is 0 Å². The number of Topliss-reactive ketones (excluding diaryl/α,β-unsaturated/α-hetero) is 1. The van der Waals surface area contributed by atoms with E-state index in [4.69, 9.17) is 11.6 Å². The van der Waals surface area contributed by atoms with Crippen LogP contribution in [0.15, 0.2) is 18.2 Å². The summed E-state index contributed by atoms with van der Waals surface area (Å²) in [7, 11) is 0. The number of nitrogens with one attached hydrogen (secondary N) is 1. The first-order chi connectivity index (χ1) is 8.19. The van der Waals surface area contributed by atoms with Gasteiger partial charge in [-0.1, -0.05) is 11.6 Å². The topological polar surface area (TPSA) is 46.2 Å². The van der Waals surface area contributed by atoms with Crippen LogP contribution in [0, 0.1) is 0 Å². The van der Waals surface area contributed by atoms with Crippen molar-refractivity contribution in [3.63, 3.8) is 0 Å². The highest BCUT2D eigenvalue weighted by molar-refractivity contribution is 6.34. The molecule has 1 aromatic rings. The van der Waals surface area contributed by atoms with Gasteiger partial charge in [-0.25, -0.2) is 0 Å². The number of hydrogen-bond acceptors (Lipinski definition) is 2. The van der Waals surface area contributed by atoms with Crippen molar-refractivity contribution >= 4 is 29.0 Å². The molecule has 1 aromatic carbocycles. The smallest absolute Gasteiger partial charge is 0.326 e. The summed E-state index contributed by atoms with van der Waals surface area (Å²) in [6.45, 7) is 1.31. The zero-order valence-electron chi connectivity index (χ0n) is 9.27. The first kappa shape index (κ1) is 14.5. The SMILES string of the molecule is CC(=O)c1ccc(NC(=O)CC(F)(F)F)cc1Cl. The van der Waals surface area contributed by atoms with Gasteiger partial charge < -0.3 is 5.32 Å². The molecular weight excluding hydrogens is 271 g/mol. The number of benzene rings is 1. The van der Waals surface area contributed by atoms with Crippen molar-refractivity contribution in [2.75, 3.05) is 5.32 Å². The maximum absolute atomic E-state index is 11.9. The van der Waals surface area contributed by atoms with Crippen molar-refractivity contribution in [3.05, 3.63) is 28.8 Å². The van der Waals surface area contributed by atoms with E-state index in [-0.39, 0.29) is 22.1 Å². The minimum absolute atomic E-state index is 0.0762. The maximum Gasteiger partial charge on any atom is 0.397 e. The van der Waals surface area contributed by atoms with Crippen molar-refractivity contribution in [3.8, 4) is 0 Å². The molecule has 0 aliphatic carbocycles. The van der Waals surface area contributed by atoms with Crippen molar-refractivity contribution < 1.29 is 22.8 Å². The Bertz CT molecular complexity index is 486. The summed E-state index contributed by atoms with van der Waals surface area (Å²) in [5.41, 5.74) is 0.352. The summed E-state index contributed by atoms with van der Waals surface area (Å²) in [5, 5.41) is 2.13. The van der Waals surface area contributed by atoms with Crippen LogP contribution in [0.1, 0.15) is 23.7 Å². The van der Waals surface area contributed by atoms with Crippen LogP contribution in [-0.2, 0) is 4.79 Å². The van der Waals surface area contributed by atoms with Crippen LogP contribution in [-0.4, -0.2) is 17.9 Å². The Labute approximate surface area is 106 Å². The van der Waals surface area contributed by atoms with Crippen molar-refractivity contribution in [2.45, 2.75) is 19.5 Å². The van der Waals surface area contributed by atoms with Crippen LogP contribution in [0.4, 0.5) is 18.9 Å². The fraction of sp³-hybridized carbons (Fsp3) is 0.273. The van der Waals surface area contributed by atoms with E-state index in [0.717, 1.165) is 0 Å². The number of anilines is 1. The van der Waals surface area contributed by atoms with Crippen LogP contribution in [0.2, 0.25) is 5.02 Å². The monoisotopic (exact) mass is 279 g/mol. The van der Waals surface area contributed by atoms with E-state index < -0.39 is 18.5 Å². The Morgan fingerprint density at radius 1 is 1.33 bits per heavy atom. The fourth-order valence-electron chi connectivity index (χ4n) is 1.27. The van der Waals surface area contributed by atoms with Gasteiger partial charge in [-0.3, -0.25) is 9.59 Å². The molecule has 18 heavy (non-hydrogen) atoms. The van der Waals surface area contributed by atoms with Gasteiger partial charge in [-0.15, -0.1) is 0 Å². The van der Waals surface area contributed by atoms with E-state index in [1.807, 2.05) is 0 Å². The van der Waals surface area contributed by atoms with Gasteiger partial charge in [-0.05, 0) is 25.1 Å². The lowest BCUT2D eigenvalue weighted by molar-refractivity contribution is -0.150. The third-order valence-electron chi connectivity index (χ3n) is 1.99. The van der Waals surface area contributed by atoms with Crippen LogP contribution in [0.5, 0.6) is 0 Å². The normalized spacial score (nSPS) is 11.2. The zero-order valence-corrected chi connectivity index (χ0v) is 10.0. The predicted octanol–water partition coefficient (Wildman–Crippen LogP) is 3.43. The molecule has 1 N–H and O–H groups in total. The second kappa shape index (κ2) is 5.39. The van der Waals surface area contributed by atoms with Gasteiger partial charge in [0.2, 0.25) is 5.91 Å². The highest BCUT2D eigenvalue weighted by Gasteiger charge is 2.31. The Morgan fingerprint density at radius 3 is 2.39 bits per heavy atom. The first-order valence-corrected chi connectivity index (χ1v) is 5.24. The van der Waals surface area contributed by atoms with Crippen molar-refractivity contribution in [1.82, 2.24) is 0 Å². The summed E-state index contributed by atoms with van der Waals surface area (Å²) in [6.07, 6.45) is -6.13. The molecule has 1 rings (SSSR count). The Morgan fingerprint density at radius 2 is 1.94 bits per heavy atom. The molecule has 1 amide bonds. The molecule has 0 aromatic heterocycles. The standard InChI is InChI=1S/C11H9ClF3NO2/c1-6(17)8-3-2-7(4-9(8)12)16-10(18)5-11(13,14)15/h2-4H,5H2,1H3,(H,16,18). The van der Waals surface area contributed by atoms with Crippen LogP contribution >= 0.6 is 11.6 Å². The van der Waals surface area contributed by atoms with E-state index in [2.05, 4.69) is 5.32 Å². The second-order valence-electron chi connectivity index (χ2n) is 3.59. The van der Waals surface area contributed by atoms with E-state index in [9.17, 15) is 22.8 Å². The number of amides is 1. The molecule has 0 fully saturated rings. The number of hydrogen-bond donors (Lipinski definition) is 1. The number of halogens is 4. The summed E-state index contributed by atoms with van der Waals surface area (Å²) in [4.78, 5) is 22.1.